The highest BCUT2D eigenvalue weighted by molar-refractivity contribution is 6.09. The number of hydrogen-bond donors (Lipinski definition) is 1. The van der Waals surface area contributed by atoms with E-state index in [1.165, 1.54) is 0 Å². The van der Waals surface area contributed by atoms with E-state index in [4.69, 9.17) is 29.9 Å². The minimum atomic E-state index is -0.541. The number of nitrogens with zero attached hydrogens (tertiary/aromatic N) is 3. The lowest BCUT2D eigenvalue weighted by molar-refractivity contribution is 0.0163. The van der Waals surface area contributed by atoms with Gasteiger partial charge in [-0.05, 0) is 61.4 Å². The first-order chi connectivity index (χ1) is 17.7. The van der Waals surface area contributed by atoms with Crippen molar-refractivity contribution >= 4 is 34.0 Å². The molecule has 36 heavy (non-hydrogen) atoms. The third-order valence-corrected chi connectivity index (χ3v) is 6.20. The molecule has 0 amide bonds. The molecule has 0 saturated carbocycles. The van der Waals surface area contributed by atoms with Gasteiger partial charge in [0.15, 0.2) is 5.65 Å². The van der Waals surface area contributed by atoms with Gasteiger partial charge in [0.05, 0.1) is 17.1 Å². The van der Waals surface area contributed by atoms with Crippen molar-refractivity contribution in [3.8, 4) is 17.2 Å². The van der Waals surface area contributed by atoms with E-state index >= 15 is 0 Å². The normalized spacial score (nSPS) is 15.4. The second-order valence-electron chi connectivity index (χ2n) is 8.62. The van der Waals surface area contributed by atoms with Crippen molar-refractivity contribution in [2.75, 3.05) is 18.9 Å². The SMILES string of the molecule is Nc1c(C(=O)OCC2CCCO2)c2nc3ccccc3nc2n1-c1ccc(Oc2ccccc2)cc1. The maximum absolute atomic E-state index is 13.2. The number of hydrogen-bond acceptors (Lipinski definition) is 7. The zero-order chi connectivity index (χ0) is 24.5. The summed E-state index contributed by atoms with van der Waals surface area (Å²) in [5.41, 5.74) is 9.74. The molecule has 2 aromatic heterocycles. The van der Waals surface area contributed by atoms with Gasteiger partial charge in [0.25, 0.3) is 0 Å². The van der Waals surface area contributed by atoms with Crippen LogP contribution in [-0.2, 0) is 9.47 Å². The van der Waals surface area contributed by atoms with Crippen LogP contribution in [0.1, 0.15) is 23.2 Å². The molecule has 1 aliphatic heterocycles. The van der Waals surface area contributed by atoms with Gasteiger partial charge >= 0.3 is 5.97 Å². The van der Waals surface area contributed by atoms with Gasteiger partial charge < -0.3 is 19.9 Å². The number of anilines is 1. The number of ether oxygens (including phenoxy) is 3. The highest BCUT2D eigenvalue weighted by Gasteiger charge is 2.27. The molecule has 5 aromatic rings. The second kappa shape index (κ2) is 9.31. The molecule has 1 aliphatic rings. The van der Waals surface area contributed by atoms with Gasteiger partial charge in [-0.15, -0.1) is 0 Å². The summed E-state index contributed by atoms with van der Waals surface area (Å²) in [4.78, 5) is 22.8. The summed E-state index contributed by atoms with van der Waals surface area (Å²) in [5.74, 6) is 1.09. The van der Waals surface area contributed by atoms with Crippen LogP contribution in [0.3, 0.4) is 0 Å². The van der Waals surface area contributed by atoms with E-state index in [9.17, 15) is 4.79 Å². The zero-order valence-corrected chi connectivity index (χ0v) is 19.5. The van der Waals surface area contributed by atoms with Crippen LogP contribution in [0.5, 0.6) is 11.5 Å². The average molecular weight is 481 g/mol. The molecule has 2 N–H and O–H groups in total. The van der Waals surface area contributed by atoms with Gasteiger partial charge in [0.2, 0.25) is 0 Å². The van der Waals surface area contributed by atoms with Gasteiger partial charge in [0.1, 0.15) is 35.0 Å². The molecule has 0 aliphatic carbocycles. The smallest absolute Gasteiger partial charge is 0.344 e. The largest absolute Gasteiger partial charge is 0.459 e. The van der Waals surface area contributed by atoms with Crippen LogP contribution < -0.4 is 10.5 Å². The molecule has 8 heteroatoms. The van der Waals surface area contributed by atoms with Crippen molar-refractivity contribution in [2.45, 2.75) is 18.9 Å². The minimum Gasteiger partial charge on any atom is -0.459 e. The Morgan fingerprint density at radius 2 is 1.64 bits per heavy atom. The molecule has 1 fully saturated rings. The lowest BCUT2D eigenvalue weighted by Gasteiger charge is -2.11. The maximum atomic E-state index is 13.2. The summed E-state index contributed by atoms with van der Waals surface area (Å²) < 4.78 is 18.8. The minimum absolute atomic E-state index is 0.0902. The lowest BCUT2D eigenvalue weighted by Crippen LogP contribution is -2.18. The van der Waals surface area contributed by atoms with Gasteiger partial charge in [-0.3, -0.25) is 4.57 Å². The van der Waals surface area contributed by atoms with Gasteiger partial charge in [0, 0.05) is 12.3 Å². The van der Waals surface area contributed by atoms with Crippen LogP contribution in [0.15, 0.2) is 78.9 Å². The summed E-state index contributed by atoms with van der Waals surface area (Å²) >= 11 is 0. The van der Waals surface area contributed by atoms with Crippen LogP contribution in [0.4, 0.5) is 5.82 Å². The van der Waals surface area contributed by atoms with Crippen LogP contribution in [0.2, 0.25) is 0 Å². The molecule has 8 nitrogen and oxygen atoms in total. The van der Waals surface area contributed by atoms with E-state index in [0.717, 1.165) is 24.3 Å². The number of carbonyl (C=O) groups excluding carboxylic acids is 1. The summed E-state index contributed by atoms with van der Waals surface area (Å²) in [7, 11) is 0. The molecular formula is C28H24N4O4. The predicted molar refractivity (Wildman–Crippen MR) is 137 cm³/mol. The molecule has 6 rings (SSSR count). The number of rotatable bonds is 6. The number of benzene rings is 3. The monoisotopic (exact) mass is 480 g/mol. The Balaban J connectivity index is 1.41. The molecular weight excluding hydrogens is 456 g/mol. The van der Waals surface area contributed by atoms with E-state index in [2.05, 4.69) is 0 Å². The molecule has 0 radical (unpaired) electrons. The van der Waals surface area contributed by atoms with E-state index in [0.29, 0.717) is 34.6 Å². The molecule has 0 bridgehead atoms. The topological polar surface area (TPSA) is 101 Å². The van der Waals surface area contributed by atoms with Crippen molar-refractivity contribution in [2.24, 2.45) is 0 Å². The molecule has 3 aromatic carbocycles. The number of para-hydroxylation sites is 3. The number of aromatic nitrogens is 3. The lowest BCUT2D eigenvalue weighted by atomic mass is 10.2. The van der Waals surface area contributed by atoms with Crippen LogP contribution in [0, 0.1) is 0 Å². The maximum Gasteiger partial charge on any atom is 0.344 e. The molecule has 1 atom stereocenters. The van der Waals surface area contributed by atoms with Crippen molar-refractivity contribution in [1.29, 1.82) is 0 Å². The Kier molecular flexibility index (Phi) is 5.71. The van der Waals surface area contributed by atoms with Crippen LogP contribution >= 0.6 is 0 Å². The fourth-order valence-corrected chi connectivity index (χ4v) is 4.43. The van der Waals surface area contributed by atoms with Gasteiger partial charge in [-0.25, -0.2) is 14.8 Å². The first kappa shape index (κ1) is 22.1. The molecule has 1 saturated heterocycles. The number of esters is 1. The van der Waals surface area contributed by atoms with Crippen molar-refractivity contribution in [3.05, 3.63) is 84.4 Å². The third kappa shape index (κ3) is 4.12. The standard InChI is InChI=1S/C28H24N4O4/c29-26-24(28(33)35-17-21-9-6-16-34-21)25-27(31-23-11-5-4-10-22(23)30-25)32(26)18-12-14-20(15-13-18)36-19-7-2-1-3-8-19/h1-5,7-8,10-15,21H,6,9,16-17,29H2. The Morgan fingerprint density at radius 1 is 0.944 bits per heavy atom. The number of nitrogens with two attached hydrogens (primary N) is 1. The fourth-order valence-electron chi connectivity index (χ4n) is 4.43. The van der Waals surface area contributed by atoms with Gasteiger partial charge in [-0.1, -0.05) is 30.3 Å². The summed E-state index contributed by atoms with van der Waals surface area (Å²) in [6.45, 7) is 0.864. The van der Waals surface area contributed by atoms with Gasteiger partial charge in [-0.2, -0.15) is 0 Å². The van der Waals surface area contributed by atoms with Crippen LogP contribution in [-0.4, -0.2) is 39.8 Å². The summed E-state index contributed by atoms with van der Waals surface area (Å²) in [5, 5.41) is 0. The Bertz CT molecular complexity index is 1540. The second-order valence-corrected chi connectivity index (χ2v) is 8.62. The molecule has 0 spiro atoms. The highest BCUT2D eigenvalue weighted by atomic mass is 16.6. The Morgan fingerprint density at radius 3 is 2.36 bits per heavy atom. The number of nitrogen functional groups attached to an aromatic ring is 1. The van der Waals surface area contributed by atoms with E-state index in [-0.39, 0.29) is 24.1 Å². The Hall–Kier alpha value is -4.43. The van der Waals surface area contributed by atoms with E-state index in [1.54, 1.807) is 4.57 Å². The van der Waals surface area contributed by atoms with Crippen molar-refractivity contribution in [1.82, 2.24) is 14.5 Å². The van der Waals surface area contributed by atoms with Crippen molar-refractivity contribution < 1.29 is 19.0 Å². The first-order valence-electron chi connectivity index (χ1n) is 11.9. The molecule has 1 unspecified atom stereocenters. The number of fused-ring (bicyclic) bond motifs is 2. The quantitative estimate of drug-likeness (QED) is 0.330. The summed E-state index contributed by atoms with van der Waals surface area (Å²) in [6, 6.07) is 24.5. The highest BCUT2D eigenvalue weighted by Crippen LogP contribution is 2.33. The molecule has 3 heterocycles. The van der Waals surface area contributed by atoms with E-state index in [1.807, 2.05) is 78.9 Å². The van der Waals surface area contributed by atoms with E-state index < -0.39 is 5.97 Å². The predicted octanol–water partition coefficient (Wildman–Crippen LogP) is 5.28. The first-order valence-corrected chi connectivity index (χ1v) is 11.9. The Labute approximate surface area is 207 Å². The molecule has 180 valence electrons. The number of carbonyl (C=O) groups is 1. The summed E-state index contributed by atoms with van der Waals surface area (Å²) in [6.07, 6.45) is 1.74. The third-order valence-electron chi connectivity index (χ3n) is 6.20. The average Bonchev–Trinajstić information content (AvgIpc) is 3.52. The zero-order valence-electron chi connectivity index (χ0n) is 19.5. The van der Waals surface area contributed by atoms with Crippen molar-refractivity contribution in [3.63, 3.8) is 0 Å². The fraction of sp³-hybridized carbons (Fsp3) is 0.179. The van der Waals surface area contributed by atoms with Crippen LogP contribution in [0.25, 0.3) is 27.9 Å².